The number of nitrogens with one attached hydrogen (secondary N) is 1. The molecule has 1 N–H and O–H groups in total. The molecule has 0 aliphatic carbocycles. The highest BCUT2D eigenvalue weighted by Gasteiger charge is 2.14. The number of nitrogens with zero attached hydrogens (tertiary/aromatic N) is 4. The van der Waals surface area contributed by atoms with Gasteiger partial charge in [0.05, 0.1) is 12.7 Å². The van der Waals surface area contributed by atoms with Crippen molar-refractivity contribution >= 4 is 11.6 Å². The number of hydrogen-bond donors (Lipinski definition) is 1. The zero-order valence-corrected chi connectivity index (χ0v) is 16.3. The molecular formula is C21H23N5O2. The van der Waals surface area contributed by atoms with Crippen LogP contribution in [0, 0.1) is 32.1 Å². The Hall–Kier alpha value is -3.40. The highest BCUT2D eigenvalue weighted by atomic mass is 16.5. The van der Waals surface area contributed by atoms with Crippen molar-refractivity contribution in [1.29, 1.82) is 5.26 Å². The van der Waals surface area contributed by atoms with E-state index >= 15 is 0 Å². The van der Waals surface area contributed by atoms with Crippen LogP contribution in [0.3, 0.4) is 0 Å². The van der Waals surface area contributed by atoms with Gasteiger partial charge in [-0.05, 0) is 50.5 Å². The molecule has 0 spiro atoms. The number of carbonyl (C=O) groups excluding carboxylic acids is 1. The molecule has 7 heteroatoms. The summed E-state index contributed by atoms with van der Waals surface area (Å²) < 4.78 is 7.30. The Morgan fingerprint density at radius 2 is 2.14 bits per heavy atom. The lowest BCUT2D eigenvalue weighted by Crippen LogP contribution is -2.28. The Morgan fingerprint density at radius 3 is 2.89 bits per heavy atom. The van der Waals surface area contributed by atoms with Gasteiger partial charge in [0.25, 0.3) is 0 Å². The smallest absolute Gasteiger partial charge is 0.220 e. The second-order valence-electron chi connectivity index (χ2n) is 6.68. The molecule has 1 amide bonds. The van der Waals surface area contributed by atoms with Crippen molar-refractivity contribution in [2.24, 2.45) is 0 Å². The molecule has 0 aliphatic heterocycles. The maximum absolute atomic E-state index is 12.2. The molecule has 0 aliphatic rings. The Balaban J connectivity index is 1.52. The number of ether oxygens (including phenoxy) is 1. The summed E-state index contributed by atoms with van der Waals surface area (Å²) in [6.07, 6.45) is 2.43. The van der Waals surface area contributed by atoms with Crippen molar-refractivity contribution in [2.75, 3.05) is 13.2 Å². The monoisotopic (exact) mass is 377 g/mol. The molecule has 3 rings (SSSR count). The number of benzene rings is 1. The summed E-state index contributed by atoms with van der Waals surface area (Å²) in [6, 6.07) is 9.91. The van der Waals surface area contributed by atoms with Gasteiger partial charge >= 0.3 is 0 Å². The number of rotatable bonds is 7. The van der Waals surface area contributed by atoms with Crippen molar-refractivity contribution in [3.63, 3.8) is 0 Å². The predicted molar refractivity (Wildman–Crippen MR) is 105 cm³/mol. The molecule has 28 heavy (non-hydrogen) atoms. The molecule has 0 bridgehead atoms. The van der Waals surface area contributed by atoms with Crippen LogP contribution in [-0.4, -0.2) is 33.7 Å². The van der Waals surface area contributed by atoms with Gasteiger partial charge in [-0.1, -0.05) is 12.1 Å². The lowest BCUT2D eigenvalue weighted by molar-refractivity contribution is -0.121. The molecule has 1 aromatic carbocycles. The fourth-order valence-corrected chi connectivity index (χ4v) is 3.14. The highest BCUT2D eigenvalue weighted by molar-refractivity contribution is 5.76. The van der Waals surface area contributed by atoms with E-state index in [2.05, 4.69) is 21.5 Å². The van der Waals surface area contributed by atoms with Gasteiger partial charge in [-0.15, -0.1) is 0 Å². The van der Waals surface area contributed by atoms with E-state index in [4.69, 9.17) is 10.00 Å². The van der Waals surface area contributed by atoms with Gasteiger partial charge in [0.2, 0.25) is 5.91 Å². The lowest BCUT2D eigenvalue weighted by Gasteiger charge is -2.11. The van der Waals surface area contributed by atoms with E-state index < -0.39 is 0 Å². The summed E-state index contributed by atoms with van der Waals surface area (Å²) in [5, 5.41) is 16.2. The number of nitriles is 1. The van der Waals surface area contributed by atoms with Gasteiger partial charge in [-0.2, -0.15) is 10.4 Å². The third kappa shape index (κ3) is 4.29. The van der Waals surface area contributed by atoms with Crippen molar-refractivity contribution in [3.8, 4) is 11.8 Å². The summed E-state index contributed by atoms with van der Waals surface area (Å²) >= 11 is 0. The number of hydrogen-bond acceptors (Lipinski definition) is 5. The zero-order valence-electron chi connectivity index (χ0n) is 16.3. The molecular weight excluding hydrogens is 354 g/mol. The average Bonchev–Trinajstić information content (AvgIpc) is 3.08. The summed E-state index contributed by atoms with van der Waals surface area (Å²) in [5.41, 5.74) is 4.84. The van der Waals surface area contributed by atoms with Crippen LogP contribution >= 0.6 is 0 Å². The molecule has 7 nitrogen and oxygen atoms in total. The summed E-state index contributed by atoms with van der Waals surface area (Å²) in [7, 11) is 0. The van der Waals surface area contributed by atoms with Gasteiger partial charge in [-0.3, -0.25) is 4.79 Å². The van der Waals surface area contributed by atoms with E-state index in [0.717, 1.165) is 28.3 Å². The second kappa shape index (κ2) is 8.53. The molecule has 0 radical (unpaired) electrons. The Kier molecular flexibility index (Phi) is 5.90. The first-order chi connectivity index (χ1) is 13.5. The maximum Gasteiger partial charge on any atom is 0.220 e. The van der Waals surface area contributed by atoms with Crippen LogP contribution in [0.5, 0.6) is 5.75 Å². The number of aryl methyl sites for hydroxylation is 3. The van der Waals surface area contributed by atoms with E-state index in [-0.39, 0.29) is 5.91 Å². The third-order valence-corrected chi connectivity index (χ3v) is 4.61. The normalized spacial score (nSPS) is 10.6. The molecule has 0 unspecified atom stereocenters. The van der Waals surface area contributed by atoms with Crippen LogP contribution in [-0.2, 0) is 11.2 Å². The summed E-state index contributed by atoms with van der Waals surface area (Å²) in [5.74, 6) is 0.765. The molecule has 0 fully saturated rings. The van der Waals surface area contributed by atoms with Crippen molar-refractivity contribution in [1.82, 2.24) is 19.9 Å². The van der Waals surface area contributed by atoms with Gasteiger partial charge in [0.1, 0.15) is 24.0 Å². The average molecular weight is 377 g/mol. The van der Waals surface area contributed by atoms with Gasteiger partial charge < -0.3 is 10.1 Å². The molecule has 0 atom stereocenters. The van der Waals surface area contributed by atoms with E-state index in [1.165, 1.54) is 6.20 Å². The van der Waals surface area contributed by atoms with E-state index in [1.54, 1.807) is 4.52 Å². The standard InChI is InChI=1S/C21H23N5O2/c1-14-5-4-6-18(11-14)28-10-9-23-20(27)8-7-19-15(2)25-21-17(12-22)13-24-26(21)16(19)3/h4-6,11,13H,7-10H2,1-3H3,(H,23,27). The Bertz CT molecular complexity index is 1050. The summed E-state index contributed by atoms with van der Waals surface area (Å²) in [4.78, 5) is 16.7. The van der Waals surface area contributed by atoms with Gasteiger partial charge in [-0.25, -0.2) is 9.50 Å². The minimum atomic E-state index is -0.0371. The summed E-state index contributed by atoms with van der Waals surface area (Å²) in [6.45, 7) is 6.70. The number of carbonyl (C=O) groups is 1. The van der Waals surface area contributed by atoms with Crippen molar-refractivity contribution in [3.05, 3.63) is 58.5 Å². The van der Waals surface area contributed by atoms with E-state index in [9.17, 15) is 4.79 Å². The predicted octanol–water partition coefficient (Wildman–Crippen LogP) is 2.65. The van der Waals surface area contributed by atoms with E-state index in [0.29, 0.717) is 37.2 Å². The lowest BCUT2D eigenvalue weighted by atomic mass is 10.1. The van der Waals surface area contributed by atoms with Crippen LogP contribution in [0.25, 0.3) is 5.65 Å². The third-order valence-electron chi connectivity index (χ3n) is 4.61. The first kappa shape index (κ1) is 19.4. The van der Waals surface area contributed by atoms with Crippen molar-refractivity contribution < 1.29 is 9.53 Å². The Labute approximate surface area is 164 Å². The van der Waals surface area contributed by atoms with Crippen molar-refractivity contribution in [2.45, 2.75) is 33.6 Å². The van der Waals surface area contributed by atoms with Gasteiger partial charge in [0.15, 0.2) is 5.65 Å². The van der Waals surface area contributed by atoms with Crippen LogP contribution < -0.4 is 10.1 Å². The number of fused-ring (bicyclic) bond motifs is 1. The van der Waals surface area contributed by atoms with Crippen LogP contribution in [0.2, 0.25) is 0 Å². The SMILES string of the molecule is Cc1cccc(OCCNC(=O)CCc2c(C)nc3c(C#N)cnn3c2C)c1. The molecule has 0 saturated carbocycles. The Morgan fingerprint density at radius 1 is 1.32 bits per heavy atom. The maximum atomic E-state index is 12.2. The van der Waals surface area contributed by atoms with Gasteiger partial charge in [0, 0.05) is 17.8 Å². The fraction of sp³-hybridized carbons (Fsp3) is 0.333. The molecule has 3 aromatic rings. The molecule has 0 saturated heterocycles. The minimum absolute atomic E-state index is 0.0371. The topological polar surface area (TPSA) is 92.3 Å². The highest BCUT2D eigenvalue weighted by Crippen LogP contribution is 2.18. The van der Waals surface area contributed by atoms with Crippen LogP contribution in [0.15, 0.2) is 30.5 Å². The first-order valence-corrected chi connectivity index (χ1v) is 9.19. The van der Waals surface area contributed by atoms with Crippen LogP contribution in [0.4, 0.5) is 0 Å². The minimum Gasteiger partial charge on any atom is -0.492 e. The van der Waals surface area contributed by atoms with Crippen LogP contribution in [0.1, 0.15) is 34.5 Å². The number of aromatic nitrogens is 3. The molecule has 144 valence electrons. The second-order valence-corrected chi connectivity index (χ2v) is 6.68. The molecule has 2 heterocycles. The first-order valence-electron chi connectivity index (χ1n) is 9.19. The van der Waals surface area contributed by atoms with E-state index in [1.807, 2.05) is 45.0 Å². The zero-order chi connectivity index (χ0) is 20.1. The quantitative estimate of drug-likeness (QED) is 0.639. The molecule has 2 aromatic heterocycles. The largest absolute Gasteiger partial charge is 0.492 e. The fourth-order valence-electron chi connectivity index (χ4n) is 3.14. The number of amides is 1.